The van der Waals surface area contributed by atoms with Crippen LogP contribution >= 0.6 is 0 Å². The van der Waals surface area contributed by atoms with Crippen molar-refractivity contribution in [2.45, 2.75) is 25.7 Å². The van der Waals surface area contributed by atoms with Crippen molar-refractivity contribution in [3.63, 3.8) is 0 Å². The quantitative estimate of drug-likeness (QED) is 0.673. The standard InChI is InChI=1S/C10H17NO2/c11-5-9-6-1-2-7(9)4-8(3-6)10(12)13/h6-9H,1-5,11H2,(H,12,13). The first-order chi connectivity index (χ1) is 6.22. The molecule has 2 atom stereocenters. The van der Waals surface area contributed by atoms with Gasteiger partial charge in [0, 0.05) is 0 Å². The van der Waals surface area contributed by atoms with Crippen molar-refractivity contribution in [1.82, 2.24) is 0 Å². The van der Waals surface area contributed by atoms with Gasteiger partial charge in [-0.25, -0.2) is 0 Å². The Balaban J connectivity index is 2.06. The Morgan fingerprint density at radius 3 is 2.23 bits per heavy atom. The molecule has 2 saturated carbocycles. The molecule has 3 heteroatoms. The zero-order valence-corrected chi connectivity index (χ0v) is 7.78. The molecule has 2 rings (SSSR count). The highest BCUT2D eigenvalue weighted by Crippen LogP contribution is 2.48. The monoisotopic (exact) mass is 183 g/mol. The molecule has 13 heavy (non-hydrogen) atoms. The molecule has 0 heterocycles. The molecule has 3 N–H and O–H groups in total. The molecule has 2 fully saturated rings. The highest BCUT2D eigenvalue weighted by molar-refractivity contribution is 5.70. The summed E-state index contributed by atoms with van der Waals surface area (Å²) < 4.78 is 0. The lowest BCUT2D eigenvalue weighted by Gasteiger charge is -2.32. The summed E-state index contributed by atoms with van der Waals surface area (Å²) in [6, 6.07) is 0. The number of nitrogens with two attached hydrogens (primary N) is 1. The van der Waals surface area contributed by atoms with Crippen LogP contribution in [0.5, 0.6) is 0 Å². The van der Waals surface area contributed by atoms with Gasteiger partial charge in [0.2, 0.25) is 0 Å². The van der Waals surface area contributed by atoms with Gasteiger partial charge in [-0.05, 0) is 50.0 Å². The van der Waals surface area contributed by atoms with E-state index in [-0.39, 0.29) is 5.92 Å². The molecule has 2 aliphatic carbocycles. The molecule has 0 aromatic carbocycles. The predicted molar refractivity (Wildman–Crippen MR) is 49.1 cm³/mol. The van der Waals surface area contributed by atoms with Gasteiger partial charge in [0.1, 0.15) is 0 Å². The first-order valence-electron chi connectivity index (χ1n) is 5.15. The van der Waals surface area contributed by atoms with Crippen LogP contribution < -0.4 is 5.73 Å². The Labute approximate surface area is 78.3 Å². The lowest BCUT2D eigenvalue weighted by molar-refractivity contribution is -0.144. The lowest BCUT2D eigenvalue weighted by Crippen LogP contribution is -2.34. The fourth-order valence-electron chi connectivity index (χ4n) is 3.24. The fourth-order valence-corrected chi connectivity index (χ4v) is 3.24. The highest BCUT2D eigenvalue weighted by Gasteiger charge is 2.43. The first kappa shape index (κ1) is 9.00. The van der Waals surface area contributed by atoms with Gasteiger partial charge in [0.25, 0.3) is 0 Å². The summed E-state index contributed by atoms with van der Waals surface area (Å²) in [7, 11) is 0. The van der Waals surface area contributed by atoms with Crippen molar-refractivity contribution in [3.05, 3.63) is 0 Å². The normalized spacial score (nSPS) is 43.5. The number of rotatable bonds is 2. The summed E-state index contributed by atoms with van der Waals surface area (Å²) in [5.41, 5.74) is 5.70. The third-order valence-electron chi connectivity index (χ3n) is 3.92. The third kappa shape index (κ3) is 1.46. The van der Waals surface area contributed by atoms with Crippen LogP contribution in [0.2, 0.25) is 0 Å². The number of aliphatic carboxylic acids is 1. The fraction of sp³-hybridized carbons (Fsp3) is 0.900. The number of hydrogen-bond acceptors (Lipinski definition) is 2. The molecule has 0 spiro atoms. The van der Waals surface area contributed by atoms with E-state index in [2.05, 4.69) is 0 Å². The zero-order valence-electron chi connectivity index (χ0n) is 7.78. The van der Waals surface area contributed by atoms with Crippen LogP contribution in [0.3, 0.4) is 0 Å². The predicted octanol–water partition coefficient (Wildman–Crippen LogP) is 1.08. The molecule has 0 saturated heterocycles. The summed E-state index contributed by atoms with van der Waals surface area (Å²) >= 11 is 0. The number of carbonyl (C=O) groups is 1. The van der Waals surface area contributed by atoms with Crippen LogP contribution in [0.1, 0.15) is 25.7 Å². The molecule has 2 unspecified atom stereocenters. The van der Waals surface area contributed by atoms with E-state index < -0.39 is 5.97 Å². The maximum absolute atomic E-state index is 10.8. The van der Waals surface area contributed by atoms with Gasteiger partial charge in [-0.2, -0.15) is 0 Å². The van der Waals surface area contributed by atoms with E-state index in [0.717, 1.165) is 19.4 Å². The topological polar surface area (TPSA) is 63.3 Å². The van der Waals surface area contributed by atoms with Crippen molar-refractivity contribution in [3.8, 4) is 0 Å². The Bertz CT molecular complexity index is 203. The molecule has 74 valence electrons. The van der Waals surface area contributed by atoms with Crippen molar-refractivity contribution >= 4 is 5.97 Å². The highest BCUT2D eigenvalue weighted by atomic mass is 16.4. The Kier molecular flexibility index (Phi) is 2.28. The van der Waals surface area contributed by atoms with E-state index in [1.165, 1.54) is 12.8 Å². The maximum Gasteiger partial charge on any atom is 0.306 e. The SMILES string of the molecule is NCC1C2CCC1CC(C(=O)O)C2. The van der Waals surface area contributed by atoms with Crippen LogP contribution in [-0.2, 0) is 4.79 Å². The van der Waals surface area contributed by atoms with Crippen molar-refractivity contribution < 1.29 is 9.90 Å². The van der Waals surface area contributed by atoms with Crippen LogP contribution in [0, 0.1) is 23.7 Å². The number of carboxylic acid groups (broad SMARTS) is 1. The Morgan fingerprint density at radius 1 is 1.31 bits per heavy atom. The second-order valence-electron chi connectivity index (χ2n) is 4.50. The minimum absolute atomic E-state index is 0.0831. The number of fused-ring (bicyclic) bond motifs is 2. The molecule has 0 aromatic heterocycles. The first-order valence-corrected chi connectivity index (χ1v) is 5.15. The molecule has 0 radical (unpaired) electrons. The average Bonchev–Trinajstić information content (AvgIpc) is 2.34. The minimum Gasteiger partial charge on any atom is -0.481 e. The van der Waals surface area contributed by atoms with E-state index in [9.17, 15) is 4.79 Å². The summed E-state index contributed by atoms with van der Waals surface area (Å²) in [6.07, 6.45) is 4.15. The largest absolute Gasteiger partial charge is 0.481 e. The molecule has 0 amide bonds. The molecule has 0 aromatic rings. The molecule has 2 bridgehead atoms. The van der Waals surface area contributed by atoms with Crippen LogP contribution in [-0.4, -0.2) is 17.6 Å². The smallest absolute Gasteiger partial charge is 0.306 e. The van der Waals surface area contributed by atoms with E-state index in [0.29, 0.717) is 17.8 Å². The van der Waals surface area contributed by atoms with E-state index >= 15 is 0 Å². The van der Waals surface area contributed by atoms with Crippen LogP contribution in [0.25, 0.3) is 0 Å². The van der Waals surface area contributed by atoms with Gasteiger partial charge in [-0.1, -0.05) is 0 Å². The van der Waals surface area contributed by atoms with E-state index in [1.54, 1.807) is 0 Å². The summed E-state index contributed by atoms with van der Waals surface area (Å²) in [5.74, 6) is 1.14. The Hall–Kier alpha value is -0.570. The van der Waals surface area contributed by atoms with Gasteiger partial charge >= 0.3 is 5.97 Å². The van der Waals surface area contributed by atoms with Crippen molar-refractivity contribution in [2.75, 3.05) is 6.54 Å². The molecular weight excluding hydrogens is 166 g/mol. The maximum atomic E-state index is 10.8. The van der Waals surface area contributed by atoms with E-state index in [4.69, 9.17) is 10.8 Å². The molecule has 0 aliphatic heterocycles. The van der Waals surface area contributed by atoms with Gasteiger partial charge in [0.15, 0.2) is 0 Å². The third-order valence-corrected chi connectivity index (χ3v) is 3.92. The molecule has 3 nitrogen and oxygen atoms in total. The Morgan fingerprint density at radius 2 is 1.85 bits per heavy atom. The summed E-state index contributed by atoms with van der Waals surface area (Å²) in [6.45, 7) is 0.752. The zero-order chi connectivity index (χ0) is 9.42. The summed E-state index contributed by atoms with van der Waals surface area (Å²) in [5, 5.41) is 8.93. The summed E-state index contributed by atoms with van der Waals surface area (Å²) in [4.78, 5) is 10.8. The van der Waals surface area contributed by atoms with Crippen LogP contribution in [0.15, 0.2) is 0 Å². The minimum atomic E-state index is -0.604. The average molecular weight is 183 g/mol. The van der Waals surface area contributed by atoms with Gasteiger partial charge < -0.3 is 10.8 Å². The molecule has 2 aliphatic rings. The van der Waals surface area contributed by atoms with Gasteiger partial charge in [-0.15, -0.1) is 0 Å². The second-order valence-corrected chi connectivity index (χ2v) is 4.50. The van der Waals surface area contributed by atoms with Gasteiger partial charge in [-0.3, -0.25) is 4.79 Å². The van der Waals surface area contributed by atoms with Gasteiger partial charge in [0.05, 0.1) is 5.92 Å². The second kappa shape index (κ2) is 3.29. The lowest BCUT2D eigenvalue weighted by atomic mass is 9.73. The van der Waals surface area contributed by atoms with Crippen molar-refractivity contribution in [2.24, 2.45) is 29.4 Å². The van der Waals surface area contributed by atoms with E-state index in [1.807, 2.05) is 0 Å². The van der Waals surface area contributed by atoms with Crippen LogP contribution in [0.4, 0.5) is 0 Å². The van der Waals surface area contributed by atoms with Crippen molar-refractivity contribution in [1.29, 1.82) is 0 Å². The number of carboxylic acids is 1. The molecular formula is C10H17NO2. The number of hydrogen-bond donors (Lipinski definition) is 2.